The molecule has 3 aromatic rings. The molecule has 2 aromatic heterocycles. The number of halogens is 2. The van der Waals surface area contributed by atoms with Crippen molar-refractivity contribution < 1.29 is 0 Å². The Hall–Kier alpha value is -1.04. The zero-order chi connectivity index (χ0) is 14.1. The first-order chi connectivity index (χ1) is 9.69. The van der Waals surface area contributed by atoms with Gasteiger partial charge < -0.3 is 4.90 Å². The van der Waals surface area contributed by atoms with Gasteiger partial charge in [0.05, 0.1) is 5.69 Å². The van der Waals surface area contributed by atoms with Gasteiger partial charge >= 0.3 is 0 Å². The third-order valence-electron chi connectivity index (χ3n) is 3.14. The minimum atomic E-state index is 0.766. The molecule has 0 aliphatic heterocycles. The predicted octanol–water partition coefficient (Wildman–Crippen LogP) is 4.58. The first-order valence-corrected chi connectivity index (χ1v) is 8.53. The summed E-state index contributed by atoms with van der Waals surface area (Å²) in [5.74, 6) is 1.01. The SMILES string of the molecule is CN(Cc1cccc(Cl)c1)c1nc2sccn2c1CBr. The van der Waals surface area contributed by atoms with Gasteiger partial charge in [-0.1, -0.05) is 39.7 Å². The number of fused-ring (bicyclic) bond motifs is 1. The molecule has 2 heterocycles. The Morgan fingerprint density at radius 3 is 3.05 bits per heavy atom. The van der Waals surface area contributed by atoms with Crippen molar-refractivity contribution in [2.45, 2.75) is 11.9 Å². The normalized spacial score (nSPS) is 11.2. The molecule has 3 nitrogen and oxygen atoms in total. The van der Waals surface area contributed by atoms with Crippen LogP contribution in [0.15, 0.2) is 35.8 Å². The Bertz CT molecular complexity index is 737. The average Bonchev–Trinajstić information content (AvgIpc) is 2.98. The van der Waals surface area contributed by atoms with Crippen molar-refractivity contribution in [3.63, 3.8) is 0 Å². The standard InChI is InChI=1S/C14H13BrClN3S/c1-18(9-10-3-2-4-11(16)7-10)13-12(8-15)19-5-6-20-14(19)17-13/h2-7H,8-9H2,1H3. The van der Waals surface area contributed by atoms with Crippen molar-refractivity contribution in [1.29, 1.82) is 0 Å². The average molecular weight is 371 g/mol. The molecule has 0 aliphatic rings. The topological polar surface area (TPSA) is 20.5 Å². The molecule has 0 amide bonds. The molecule has 0 radical (unpaired) electrons. The molecule has 0 aliphatic carbocycles. The number of nitrogens with zero attached hydrogens (tertiary/aromatic N) is 3. The van der Waals surface area contributed by atoms with E-state index >= 15 is 0 Å². The van der Waals surface area contributed by atoms with E-state index in [0.29, 0.717) is 0 Å². The molecule has 1 aromatic carbocycles. The van der Waals surface area contributed by atoms with E-state index in [9.17, 15) is 0 Å². The summed E-state index contributed by atoms with van der Waals surface area (Å²) in [5, 5.41) is 3.59. The van der Waals surface area contributed by atoms with Gasteiger partial charge in [-0.15, -0.1) is 11.3 Å². The largest absolute Gasteiger partial charge is 0.354 e. The minimum Gasteiger partial charge on any atom is -0.354 e. The number of benzene rings is 1. The number of alkyl halides is 1. The van der Waals surface area contributed by atoms with Gasteiger partial charge in [-0.25, -0.2) is 4.98 Å². The molecule has 0 saturated heterocycles. The molecule has 0 fully saturated rings. The van der Waals surface area contributed by atoms with Crippen LogP contribution >= 0.6 is 38.9 Å². The summed E-state index contributed by atoms with van der Waals surface area (Å²) in [6.45, 7) is 0.783. The number of rotatable bonds is 4. The second kappa shape index (κ2) is 5.76. The van der Waals surface area contributed by atoms with Gasteiger partial charge in [-0.3, -0.25) is 4.40 Å². The molecule has 0 spiro atoms. The highest BCUT2D eigenvalue weighted by Crippen LogP contribution is 2.27. The molecule has 104 valence electrons. The van der Waals surface area contributed by atoms with E-state index in [1.54, 1.807) is 11.3 Å². The first kappa shape index (κ1) is 13.9. The summed E-state index contributed by atoms with van der Waals surface area (Å²) in [4.78, 5) is 7.88. The van der Waals surface area contributed by atoms with E-state index in [1.807, 2.05) is 18.2 Å². The lowest BCUT2D eigenvalue weighted by Gasteiger charge is -2.18. The van der Waals surface area contributed by atoms with E-state index in [1.165, 1.54) is 11.3 Å². The molecule has 0 N–H and O–H groups in total. The van der Waals surface area contributed by atoms with E-state index in [4.69, 9.17) is 16.6 Å². The number of aromatic nitrogens is 2. The fourth-order valence-electron chi connectivity index (χ4n) is 2.24. The molecule has 0 unspecified atom stereocenters. The fourth-order valence-corrected chi connectivity index (χ4v) is 3.70. The summed E-state index contributed by atoms with van der Waals surface area (Å²) < 4.78 is 2.13. The van der Waals surface area contributed by atoms with Crippen LogP contribution in [-0.4, -0.2) is 16.4 Å². The third kappa shape index (κ3) is 2.57. The Balaban J connectivity index is 1.92. The lowest BCUT2D eigenvalue weighted by atomic mass is 10.2. The molecular weight excluding hydrogens is 358 g/mol. The van der Waals surface area contributed by atoms with Gasteiger partial charge in [-0.05, 0) is 17.7 Å². The van der Waals surface area contributed by atoms with Crippen LogP contribution in [0.25, 0.3) is 4.96 Å². The van der Waals surface area contributed by atoms with Gasteiger partial charge in [0.15, 0.2) is 10.8 Å². The third-order valence-corrected chi connectivity index (χ3v) is 4.66. The number of hydrogen-bond acceptors (Lipinski definition) is 3. The van der Waals surface area contributed by atoms with Gasteiger partial charge in [-0.2, -0.15) is 0 Å². The van der Waals surface area contributed by atoms with E-state index in [-0.39, 0.29) is 0 Å². The Labute approximate surface area is 134 Å². The minimum absolute atomic E-state index is 0.766. The van der Waals surface area contributed by atoms with Crippen molar-refractivity contribution in [2.75, 3.05) is 11.9 Å². The van der Waals surface area contributed by atoms with Crippen LogP contribution in [0, 0.1) is 0 Å². The summed E-state index contributed by atoms with van der Waals surface area (Å²) in [7, 11) is 2.06. The summed E-state index contributed by atoms with van der Waals surface area (Å²) in [6.07, 6.45) is 2.06. The molecule has 0 saturated carbocycles. The number of anilines is 1. The highest BCUT2D eigenvalue weighted by molar-refractivity contribution is 9.08. The van der Waals surface area contributed by atoms with Crippen molar-refractivity contribution in [3.8, 4) is 0 Å². The van der Waals surface area contributed by atoms with Gasteiger partial charge in [0.1, 0.15) is 0 Å². The van der Waals surface area contributed by atoms with Crippen LogP contribution in [-0.2, 0) is 11.9 Å². The molecular formula is C14H13BrClN3S. The Morgan fingerprint density at radius 1 is 1.45 bits per heavy atom. The predicted molar refractivity (Wildman–Crippen MR) is 89.3 cm³/mol. The molecule has 20 heavy (non-hydrogen) atoms. The summed E-state index contributed by atoms with van der Waals surface area (Å²) in [5.41, 5.74) is 2.35. The highest BCUT2D eigenvalue weighted by Gasteiger charge is 2.15. The lowest BCUT2D eigenvalue weighted by molar-refractivity contribution is 0.895. The van der Waals surface area contributed by atoms with E-state index in [2.05, 4.69) is 49.9 Å². The molecule has 3 rings (SSSR count). The van der Waals surface area contributed by atoms with Crippen LogP contribution in [0.2, 0.25) is 5.02 Å². The smallest absolute Gasteiger partial charge is 0.195 e. The van der Waals surface area contributed by atoms with E-state index in [0.717, 1.165) is 27.7 Å². The van der Waals surface area contributed by atoms with Crippen molar-refractivity contribution in [2.24, 2.45) is 0 Å². The van der Waals surface area contributed by atoms with Crippen LogP contribution < -0.4 is 4.90 Å². The quantitative estimate of drug-likeness (QED) is 0.627. The van der Waals surface area contributed by atoms with Crippen LogP contribution in [0.1, 0.15) is 11.3 Å². The second-order valence-corrected chi connectivity index (χ2v) is 6.43. The Kier molecular flexibility index (Phi) is 4.01. The van der Waals surface area contributed by atoms with Crippen LogP contribution in [0.5, 0.6) is 0 Å². The maximum Gasteiger partial charge on any atom is 0.195 e. The number of hydrogen-bond donors (Lipinski definition) is 0. The first-order valence-electron chi connectivity index (χ1n) is 6.15. The van der Waals surface area contributed by atoms with Crippen molar-refractivity contribution in [3.05, 3.63) is 52.1 Å². The Morgan fingerprint density at radius 2 is 2.30 bits per heavy atom. The highest BCUT2D eigenvalue weighted by atomic mass is 79.9. The monoisotopic (exact) mass is 369 g/mol. The summed E-state index contributed by atoms with van der Waals surface area (Å²) in [6, 6.07) is 7.93. The zero-order valence-electron chi connectivity index (χ0n) is 10.9. The van der Waals surface area contributed by atoms with Gasteiger partial charge in [0, 0.05) is 35.5 Å². The fraction of sp³-hybridized carbons (Fsp3) is 0.214. The van der Waals surface area contributed by atoms with Crippen molar-refractivity contribution >= 4 is 49.6 Å². The van der Waals surface area contributed by atoms with Crippen LogP contribution in [0.4, 0.5) is 5.82 Å². The maximum atomic E-state index is 6.04. The van der Waals surface area contributed by atoms with Gasteiger partial charge in [0.25, 0.3) is 0 Å². The van der Waals surface area contributed by atoms with E-state index < -0.39 is 0 Å². The number of imidazole rings is 1. The van der Waals surface area contributed by atoms with Gasteiger partial charge in [0.2, 0.25) is 0 Å². The molecule has 0 atom stereocenters. The van der Waals surface area contributed by atoms with Crippen molar-refractivity contribution in [1.82, 2.24) is 9.38 Å². The maximum absolute atomic E-state index is 6.04. The molecule has 0 bridgehead atoms. The second-order valence-electron chi connectivity index (χ2n) is 4.56. The number of thiazole rings is 1. The summed E-state index contributed by atoms with van der Waals surface area (Å²) >= 11 is 11.2. The molecule has 6 heteroatoms. The van der Waals surface area contributed by atoms with Crippen LogP contribution in [0.3, 0.4) is 0 Å². The lowest BCUT2D eigenvalue weighted by Crippen LogP contribution is -2.18. The zero-order valence-corrected chi connectivity index (χ0v) is 14.0.